The second-order valence-corrected chi connectivity index (χ2v) is 6.61. The highest BCUT2D eigenvalue weighted by molar-refractivity contribution is 7.87. The van der Waals surface area contributed by atoms with Crippen molar-refractivity contribution in [2.45, 2.75) is 26.3 Å². The zero-order chi connectivity index (χ0) is 15.3. The van der Waals surface area contributed by atoms with Gasteiger partial charge < -0.3 is 4.74 Å². The van der Waals surface area contributed by atoms with Crippen LogP contribution in [0.2, 0.25) is 0 Å². The minimum Gasteiger partial charge on any atom is -0.466 e. The molecule has 118 valence electrons. The number of aromatic amines is 1. The molecule has 0 amide bonds. The van der Waals surface area contributed by atoms with E-state index in [9.17, 15) is 13.2 Å². The Labute approximate surface area is 124 Å². The average molecular weight is 316 g/mol. The van der Waals surface area contributed by atoms with Gasteiger partial charge in [-0.3, -0.25) is 9.89 Å². The van der Waals surface area contributed by atoms with Crippen molar-refractivity contribution in [3.05, 3.63) is 18.0 Å². The van der Waals surface area contributed by atoms with Gasteiger partial charge in [-0.1, -0.05) is 0 Å². The number of rotatable bonds is 6. The van der Waals surface area contributed by atoms with Crippen LogP contribution in [0.1, 0.15) is 25.3 Å². The van der Waals surface area contributed by atoms with E-state index in [2.05, 4.69) is 14.9 Å². The molecule has 8 nitrogen and oxygen atoms in total. The largest absolute Gasteiger partial charge is 0.466 e. The van der Waals surface area contributed by atoms with Gasteiger partial charge in [0.15, 0.2) is 0 Å². The molecular formula is C12H20N4O4S. The fraction of sp³-hybridized carbons (Fsp3) is 0.667. The van der Waals surface area contributed by atoms with E-state index in [0.29, 0.717) is 32.5 Å². The minimum atomic E-state index is -3.53. The maximum atomic E-state index is 12.2. The Balaban J connectivity index is 1.84. The van der Waals surface area contributed by atoms with E-state index < -0.39 is 10.2 Å². The summed E-state index contributed by atoms with van der Waals surface area (Å²) in [5, 5.41) is 6.38. The summed E-state index contributed by atoms with van der Waals surface area (Å²) < 4.78 is 33.2. The van der Waals surface area contributed by atoms with Crippen LogP contribution in [0, 0.1) is 5.92 Å². The number of esters is 1. The zero-order valence-corrected chi connectivity index (χ0v) is 12.7. The third-order valence-corrected chi connectivity index (χ3v) is 4.98. The lowest BCUT2D eigenvalue weighted by Crippen LogP contribution is -2.45. The molecule has 21 heavy (non-hydrogen) atoms. The molecule has 0 aromatic carbocycles. The van der Waals surface area contributed by atoms with E-state index in [1.165, 1.54) is 4.31 Å². The number of hydrogen-bond donors (Lipinski definition) is 2. The molecule has 0 saturated carbocycles. The van der Waals surface area contributed by atoms with E-state index in [1.54, 1.807) is 19.3 Å². The molecule has 2 rings (SSSR count). The van der Waals surface area contributed by atoms with Crippen LogP contribution in [-0.4, -0.2) is 48.6 Å². The zero-order valence-electron chi connectivity index (χ0n) is 11.9. The second-order valence-electron chi connectivity index (χ2n) is 4.86. The topological polar surface area (TPSA) is 104 Å². The van der Waals surface area contributed by atoms with Crippen LogP contribution in [0.25, 0.3) is 0 Å². The third-order valence-electron chi connectivity index (χ3n) is 3.43. The maximum Gasteiger partial charge on any atom is 0.309 e. The SMILES string of the molecule is CCOC(=O)C1CCN(S(=O)(=O)NCc2cn[nH]c2)CC1. The number of piperidine rings is 1. The highest BCUT2D eigenvalue weighted by Gasteiger charge is 2.31. The summed E-state index contributed by atoms with van der Waals surface area (Å²) in [4.78, 5) is 11.6. The van der Waals surface area contributed by atoms with Crippen molar-refractivity contribution in [1.82, 2.24) is 19.2 Å². The van der Waals surface area contributed by atoms with Crippen LogP contribution in [0.15, 0.2) is 12.4 Å². The van der Waals surface area contributed by atoms with Crippen LogP contribution in [0.3, 0.4) is 0 Å². The van der Waals surface area contributed by atoms with Crippen molar-refractivity contribution < 1.29 is 17.9 Å². The summed E-state index contributed by atoms with van der Waals surface area (Å²) in [5.41, 5.74) is 0.764. The first kappa shape index (κ1) is 15.9. The van der Waals surface area contributed by atoms with Gasteiger partial charge in [-0.25, -0.2) is 0 Å². The highest BCUT2D eigenvalue weighted by Crippen LogP contribution is 2.20. The standard InChI is InChI=1S/C12H20N4O4S/c1-2-20-12(17)11-3-5-16(6-4-11)21(18,19)15-9-10-7-13-14-8-10/h7-8,11,15H,2-6,9H2,1H3,(H,13,14). The summed E-state index contributed by atoms with van der Waals surface area (Å²) in [6.45, 7) is 2.95. The predicted molar refractivity (Wildman–Crippen MR) is 75.3 cm³/mol. The Morgan fingerprint density at radius 2 is 2.24 bits per heavy atom. The molecule has 1 saturated heterocycles. The molecule has 1 aromatic heterocycles. The number of ether oxygens (including phenoxy) is 1. The average Bonchev–Trinajstić information content (AvgIpc) is 2.99. The fourth-order valence-corrected chi connectivity index (χ4v) is 3.46. The predicted octanol–water partition coefficient (Wildman–Crippen LogP) is 0.0192. The molecule has 2 N–H and O–H groups in total. The Morgan fingerprint density at radius 3 is 2.81 bits per heavy atom. The molecule has 0 radical (unpaired) electrons. The normalized spacial score (nSPS) is 17.8. The van der Waals surface area contributed by atoms with Crippen molar-refractivity contribution in [3.63, 3.8) is 0 Å². The molecule has 2 heterocycles. The molecule has 1 aromatic rings. The molecule has 1 fully saturated rings. The molecule has 1 aliphatic rings. The smallest absolute Gasteiger partial charge is 0.309 e. The summed E-state index contributed by atoms with van der Waals surface area (Å²) >= 11 is 0. The van der Waals surface area contributed by atoms with Crippen molar-refractivity contribution >= 4 is 16.2 Å². The number of nitrogens with zero attached hydrogens (tertiary/aromatic N) is 2. The minimum absolute atomic E-state index is 0.191. The number of carbonyl (C=O) groups is 1. The summed E-state index contributed by atoms with van der Waals surface area (Å²) in [7, 11) is -3.53. The van der Waals surface area contributed by atoms with Gasteiger partial charge >= 0.3 is 5.97 Å². The van der Waals surface area contributed by atoms with Crippen LogP contribution in [-0.2, 0) is 26.3 Å². The molecule has 1 aliphatic heterocycles. The van der Waals surface area contributed by atoms with Crippen molar-refractivity contribution in [1.29, 1.82) is 0 Å². The summed E-state index contributed by atoms with van der Waals surface area (Å²) in [6.07, 6.45) is 4.18. The number of H-pyrrole nitrogens is 1. The first-order chi connectivity index (χ1) is 10.0. The van der Waals surface area contributed by atoms with Gasteiger partial charge in [0.25, 0.3) is 10.2 Å². The first-order valence-electron chi connectivity index (χ1n) is 6.92. The van der Waals surface area contributed by atoms with Crippen molar-refractivity contribution in [3.8, 4) is 0 Å². The van der Waals surface area contributed by atoms with Gasteiger partial charge in [-0.2, -0.15) is 22.5 Å². The molecule has 0 aliphatic carbocycles. The maximum absolute atomic E-state index is 12.2. The molecule has 0 spiro atoms. The van der Waals surface area contributed by atoms with E-state index in [0.717, 1.165) is 5.56 Å². The molecular weight excluding hydrogens is 296 g/mol. The van der Waals surface area contributed by atoms with Gasteiger partial charge in [0.2, 0.25) is 0 Å². The second kappa shape index (κ2) is 7.01. The lowest BCUT2D eigenvalue weighted by Gasteiger charge is -2.29. The van der Waals surface area contributed by atoms with Gasteiger partial charge in [0.1, 0.15) is 0 Å². The molecule has 9 heteroatoms. The lowest BCUT2D eigenvalue weighted by atomic mass is 9.98. The number of carbonyl (C=O) groups excluding carboxylic acids is 1. The fourth-order valence-electron chi connectivity index (χ4n) is 2.23. The van der Waals surface area contributed by atoms with E-state index in [4.69, 9.17) is 4.74 Å². The molecule has 0 unspecified atom stereocenters. The van der Waals surface area contributed by atoms with Gasteiger partial charge in [0, 0.05) is 31.4 Å². The third kappa shape index (κ3) is 4.26. The van der Waals surface area contributed by atoms with E-state index >= 15 is 0 Å². The van der Waals surface area contributed by atoms with E-state index in [-0.39, 0.29) is 18.4 Å². The van der Waals surface area contributed by atoms with Gasteiger partial charge in [-0.15, -0.1) is 0 Å². The van der Waals surface area contributed by atoms with Crippen LogP contribution < -0.4 is 4.72 Å². The van der Waals surface area contributed by atoms with Crippen molar-refractivity contribution in [2.75, 3.05) is 19.7 Å². The summed E-state index contributed by atoms with van der Waals surface area (Å²) in [6, 6.07) is 0. The van der Waals surface area contributed by atoms with Crippen LogP contribution in [0.4, 0.5) is 0 Å². The highest BCUT2D eigenvalue weighted by atomic mass is 32.2. The van der Waals surface area contributed by atoms with Crippen LogP contribution >= 0.6 is 0 Å². The lowest BCUT2D eigenvalue weighted by molar-refractivity contribution is -0.149. The van der Waals surface area contributed by atoms with Gasteiger partial charge in [0.05, 0.1) is 18.7 Å². The summed E-state index contributed by atoms with van der Waals surface area (Å²) in [5.74, 6) is -0.439. The van der Waals surface area contributed by atoms with Crippen molar-refractivity contribution in [2.24, 2.45) is 5.92 Å². The Kier molecular flexibility index (Phi) is 5.32. The Bertz CT molecular complexity index is 550. The number of nitrogens with one attached hydrogen (secondary N) is 2. The van der Waals surface area contributed by atoms with E-state index in [1.807, 2.05) is 0 Å². The monoisotopic (exact) mass is 316 g/mol. The first-order valence-corrected chi connectivity index (χ1v) is 8.36. The quantitative estimate of drug-likeness (QED) is 0.720. The molecule has 0 bridgehead atoms. The van der Waals surface area contributed by atoms with Crippen LogP contribution in [0.5, 0.6) is 0 Å². The number of hydrogen-bond acceptors (Lipinski definition) is 5. The Morgan fingerprint density at radius 1 is 1.52 bits per heavy atom. The molecule has 0 atom stereocenters. The Hall–Kier alpha value is -1.45. The van der Waals surface area contributed by atoms with Gasteiger partial charge in [-0.05, 0) is 19.8 Å². The number of aromatic nitrogens is 2.